The summed E-state index contributed by atoms with van der Waals surface area (Å²) in [5, 5.41) is 2.84. The normalized spacial score (nSPS) is 20.5. The molecule has 0 spiro atoms. The van der Waals surface area contributed by atoms with Crippen LogP contribution in [0.3, 0.4) is 0 Å². The lowest BCUT2D eigenvalue weighted by Gasteiger charge is -2.19. The molecule has 0 aliphatic heterocycles. The molecular weight excluding hydrogens is 255 g/mol. The van der Waals surface area contributed by atoms with Crippen molar-refractivity contribution in [3.8, 4) is 0 Å². The van der Waals surface area contributed by atoms with Gasteiger partial charge in [-0.15, -0.1) is 0 Å². The zero-order chi connectivity index (χ0) is 14.1. The molecule has 2 aromatic rings. The Balaban J connectivity index is 1.85. The smallest absolute Gasteiger partial charge is 0.254 e. The van der Waals surface area contributed by atoms with Crippen LogP contribution < -0.4 is 11.1 Å². The highest BCUT2D eigenvalue weighted by molar-refractivity contribution is 5.94. The zero-order valence-electron chi connectivity index (χ0n) is 10.8. The molecule has 0 bridgehead atoms. The summed E-state index contributed by atoms with van der Waals surface area (Å²) in [5.74, 6) is -0.954. The standard InChI is InChI=1S/C16H15FN2O/c17-13-8-4-3-7-12(13)16(20)19-15-11-6-2-1-5-10(11)9-14(15)18/h1-8,14-15H,9,18H2,(H,19,20). The van der Waals surface area contributed by atoms with Crippen LogP contribution in [-0.2, 0) is 6.42 Å². The van der Waals surface area contributed by atoms with Gasteiger partial charge in [-0.05, 0) is 29.7 Å². The third-order valence-electron chi connectivity index (χ3n) is 3.68. The molecule has 1 amide bonds. The van der Waals surface area contributed by atoms with E-state index in [1.807, 2.05) is 24.3 Å². The predicted octanol–water partition coefficient (Wildman–Crippen LogP) is 2.18. The first-order valence-electron chi connectivity index (χ1n) is 6.55. The number of halogens is 1. The number of carbonyl (C=O) groups excluding carboxylic acids is 1. The Morgan fingerprint density at radius 3 is 2.65 bits per heavy atom. The molecule has 0 radical (unpaired) electrons. The van der Waals surface area contributed by atoms with Crippen molar-refractivity contribution in [3.05, 3.63) is 71.0 Å². The molecule has 1 aliphatic rings. The molecule has 2 aromatic carbocycles. The van der Waals surface area contributed by atoms with Gasteiger partial charge in [0.1, 0.15) is 5.82 Å². The molecule has 102 valence electrons. The highest BCUT2D eigenvalue weighted by Gasteiger charge is 2.31. The van der Waals surface area contributed by atoms with Crippen molar-refractivity contribution in [1.29, 1.82) is 0 Å². The number of amides is 1. The van der Waals surface area contributed by atoms with E-state index in [4.69, 9.17) is 5.73 Å². The van der Waals surface area contributed by atoms with Crippen LogP contribution >= 0.6 is 0 Å². The molecule has 1 aliphatic carbocycles. The Labute approximate surface area is 116 Å². The second kappa shape index (κ2) is 5.06. The van der Waals surface area contributed by atoms with Crippen LogP contribution in [0, 0.1) is 5.82 Å². The fourth-order valence-corrected chi connectivity index (χ4v) is 2.68. The number of rotatable bonds is 2. The summed E-state index contributed by atoms with van der Waals surface area (Å²) in [7, 11) is 0. The second-order valence-electron chi connectivity index (χ2n) is 5.00. The van der Waals surface area contributed by atoms with Gasteiger partial charge in [-0.25, -0.2) is 4.39 Å². The van der Waals surface area contributed by atoms with Crippen LogP contribution in [0.1, 0.15) is 27.5 Å². The van der Waals surface area contributed by atoms with Crippen LogP contribution in [0.2, 0.25) is 0 Å². The minimum absolute atomic E-state index is 0.0454. The van der Waals surface area contributed by atoms with Crippen LogP contribution in [0.15, 0.2) is 48.5 Å². The molecule has 2 unspecified atom stereocenters. The maximum Gasteiger partial charge on any atom is 0.254 e. The molecule has 2 atom stereocenters. The summed E-state index contributed by atoms with van der Waals surface area (Å²) in [5.41, 5.74) is 8.29. The largest absolute Gasteiger partial charge is 0.344 e. The molecule has 3 rings (SSSR count). The van der Waals surface area contributed by atoms with E-state index < -0.39 is 11.7 Å². The van der Waals surface area contributed by atoms with Crippen molar-refractivity contribution in [2.75, 3.05) is 0 Å². The van der Waals surface area contributed by atoms with Crippen molar-refractivity contribution < 1.29 is 9.18 Å². The molecule has 0 saturated heterocycles. The lowest BCUT2D eigenvalue weighted by atomic mass is 10.1. The van der Waals surface area contributed by atoms with Gasteiger partial charge >= 0.3 is 0 Å². The predicted molar refractivity (Wildman–Crippen MR) is 74.7 cm³/mol. The SMILES string of the molecule is NC1Cc2ccccc2C1NC(=O)c1ccccc1F. The van der Waals surface area contributed by atoms with Gasteiger partial charge in [-0.1, -0.05) is 36.4 Å². The lowest BCUT2D eigenvalue weighted by Crippen LogP contribution is -2.38. The van der Waals surface area contributed by atoms with Gasteiger partial charge in [-0.3, -0.25) is 4.79 Å². The van der Waals surface area contributed by atoms with Gasteiger partial charge in [0.05, 0.1) is 11.6 Å². The van der Waals surface area contributed by atoms with Gasteiger partial charge in [0, 0.05) is 6.04 Å². The van der Waals surface area contributed by atoms with Crippen molar-refractivity contribution >= 4 is 5.91 Å². The number of carbonyl (C=O) groups is 1. The van der Waals surface area contributed by atoms with Crippen molar-refractivity contribution in [1.82, 2.24) is 5.32 Å². The Bertz CT molecular complexity index is 656. The molecule has 0 aromatic heterocycles. The number of nitrogens with one attached hydrogen (secondary N) is 1. The highest BCUT2D eigenvalue weighted by Crippen LogP contribution is 2.30. The third-order valence-corrected chi connectivity index (χ3v) is 3.68. The topological polar surface area (TPSA) is 55.1 Å². The molecular formula is C16H15FN2O. The summed E-state index contributed by atoms with van der Waals surface area (Å²) < 4.78 is 13.6. The quantitative estimate of drug-likeness (QED) is 0.878. The van der Waals surface area contributed by atoms with E-state index in [0.29, 0.717) is 0 Å². The third kappa shape index (κ3) is 2.18. The van der Waals surface area contributed by atoms with Crippen LogP contribution in [0.25, 0.3) is 0 Å². The Hall–Kier alpha value is -2.20. The summed E-state index contributed by atoms with van der Waals surface area (Å²) in [6.45, 7) is 0. The molecule has 0 fully saturated rings. The second-order valence-corrected chi connectivity index (χ2v) is 5.00. The maximum atomic E-state index is 13.6. The lowest BCUT2D eigenvalue weighted by molar-refractivity contribution is 0.0929. The van der Waals surface area contributed by atoms with Crippen molar-refractivity contribution in [2.45, 2.75) is 18.5 Å². The summed E-state index contributed by atoms with van der Waals surface area (Å²) in [6, 6.07) is 13.3. The average molecular weight is 270 g/mol. The minimum atomic E-state index is -0.523. The van der Waals surface area contributed by atoms with Crippen LogP contribution in [-0.4, -0.2) is 11.9 Å². The van der Waals surface area contributed by atoms with Crippen LogP contribution in [0.5, 0.6) is 0 Å². The molecule has 3 N–H and O–H groups in total. The van der Waals surface area contributed by atoms with Crippen molar-refractivity contribution in [2.24, 2.45) is 5.73 Å². The Morgan fingerprint density at radius 1 is 1.15 bits per heavy atom. The minimum Gasteiger partial charge on any atom is -0.344 e. The first-order valence-corrected chi connectivity index (χ1v) is 6.55. The highest BCUT2D eigenvalue weighted by atomic mass is 19.1. The maximum absolute atomic E-state index is 13.6. The molecule has 4 heteroatoms. The average Bonchev–Trinajstić information content (AvgIpc) is 2.76. The van der Waals surface area contributed by atoms with E-state index in [1.165, 1.54) is 12.1 Å². The Kier molecular flexibility index (Phi) is 3.24. The van der Waals surface area contributed by atoms with E-state index in [0.717, 1.165) is 17.5 Å². The summed E-state index contributed by atoms with van der Waals surface area (Å²) >= 11 is 0. The first kappa shape index (κ1) is 12.8. The molecule has 0 saturated carbocycles. The number of nitrogens with two attached hydrogens (primary N) is 1. The van der Waals surface area contributed by atoms with E-state index >= 15 is 0 Å². The summed E-state index contributed by atoms with van der Waals surface area (Å²) in [6.07, 6.45) is 0.721. The van der Waals surface area contributed by atoms with Gasteiger partial charge in [0.15, 0.2) is 0 Å². The molecule has 3 nitrogen and oxygen atoms in total. The van der Waals surface area contributed by atoms with E-state index in [2.05, 4.69) is 5.32 Å². The first-order chi connectivity index (χ1) is 9.66. The summed E-state index contributed by atoms with van der Waals surface area (Å²) in [4.78, 5) is 12.2. The van der Waals surface area contributed by atoms with Crippen LogP contribution in [0.4, 0.5) is 4.39 Å². The number of benzene rings is 2. The van der Waals surface area contributed by atoms with E-state index in [9.17, 15) is 9.18 Å². The fraction of sp³-hybridized carbons (Fsp3) is 0.188. The van der Waals surface area contributed by atoms with Gasteiger partial charge < -0.3 is 11.1 Å². The molecule has 20 heavy (non-hydrogen) atoms. The molecule has 0 heterocycles. The van der Waals surface area contributed by atoms with Gasteiger partial charge in [-0.2, -0.15) is 0 Å². The Morgan fingerprint density at radius 2 is 1.85 bits per heavy atom. The van der Waals surface area contributed by atoms with Gasteiger partial charge in [0.2, 0.25) is 0 Å². The number of hydrogen-bond donors (Lipinski definition) is 2. The van der Waals surface area contributed by atoms with Crippen molar-refractivity contribution in [3.63, 3.8) is 0 Å². The zero-order valence-corrected chi connectivity index (χ0v) is 10.8. The fourth-order valence-electron chi connectivity index (χ4n) is 2.68. The monoisotopic (exact) mass is 270 g/mol. The van der Waals surface area contributed by atoms with E-state index in [1.54, 1.807) is 12.1 Å². The van der Waals surface area contributed by atoms with Gasteiger partial charge in [0.25, 0.3) is 5.91 Å². The number of hydrogen-bond acceptors (Lipinski definition) is 2. The number of fused-ring (bicyclic) bond motifs is 1. The van der Waals surface area contributed by atoms with E-state index in [-0.39, 0.29) is 17.6 Å².